The number of hydrogen-bond acceptors (Lipinski definition) is 1. The van der Waals surface area contributed by atoms with Crippen LogP contribution in [0.4, 0.5) is 8.78 Å². The Balaban J connectivity index is 1.80. The average molecular weight is 335 g/mol. The maximum Gasteiger partial charge on any atom is 0.144 e. The quantitative estimate of drug-likeness (QED) is 0.602. The number of rotatable bonds is 5. The van der Waals surface area contributed by atoms with Crippen molar-refractivity contribution in [3.8, 4) is 6.07 Å². The van der Waals surface area contributed by atoms with Gasteiger partial charge in [0.05, 0.1) is 0 Å². The lowest BCUT2D eigenvalue weighted by molar-refractivity contribution is 0.576. The highest BCUT2D eigenvalue weighted by Crippen LogP contribution is 2.29. The summed E-state index contributed by atoms with van der Waals surface area (Å²) >= 11 is 0. The first-order valence-electron chi connectivity index (χ1n) is 8.50. The molecule has 1 aliphatic carbocycles. The Morgan fingerprint density at radius 3 is 2.48 bits per heavy atom. The minimum Gasteiger partial charge on any atom is -0.205 e. The number of unbranched alkanes of at least 4 members (excludes halogenated alkanes) is 1. The smallest absolute Gasteiger partial charge is 0.144 e. The molecular formula is C22H19F2N. The normalized spacial score (nSPS) is 13.0. The summed E-state index contributed by atoms with van der Waals surface area (Å²) in [6, 6.07) is 10.1. The van der Waals surface area contributed by atoms with Gasteiger partial charge in [-0.3, -0.25) is 0 Å². The van der Waals surface area contributed by atoms with E-state index >= 15 is 0 Å². The summed E-state index contributed by atoms with van der Waals surface area (Å²) in [6.45, 7) is 2.19. The van der Waals surface area contributed by atoms with Crippen LogP contribution < -0.4 is 0 Å². The van der Waals surface area contributed by atoms with Crippen molar-refractivity contribution in [1.82, 2.24) is 0 Å². The van der Waals surface area contributed by atoms with Crippen molar-refractivity contribution in [3.05, 3.63) is 75.4 Å². The van der Waals surface area contributed by atoms with Crippen LogP contribution in [-0.2, 0) is 6.42 Å². The van der Waals surface area contributed by atoms with E-state index in [-0.39, 0.29) is 0 Å². The van der Waals surface area contributed by atoms with Gasteiger partial charge in [0.1, 0.15) is 23.3 Å². The lowest BCUT2D eigenvalue weighted by Crippen LogP contribution is -1.91. The zero-order chi connectivity index (χ0) is 17.8. The summed E-state index contributed by atoms with van der Waals surface area (Å²) in [7, 11) is 0. The minimum atomic E-state index is -0.834. The third-order valence-corrected chi connectivity index (χ3v) is 4.44. The van der Waals surface area contributed by atoms with Gasteiger partial charge in [-0.15, -0.1) is 0 Å². The monoisotopic (exact) mass is 335 g/mol. The first kappa shape index (κ1) is 17.1. The maximum absolute atomic E-state index is 13.7. The Labute approximate surface area is 146 Å². The van der Waals surface area contributed by atoms with Gasteiger partial charge in [-0.25, -0.2) is 8.78 Å². The van der Waals surface area contributed by atoms with Crippen LogP contribution in [0.1, 0.15) is 54.0 Å². The van der Waals surface area contributed by atoms with Crippen LogP contribution in [0.25, 0.3) is 18.2 Å². The van der Waals surface area contributed by atoms with E-state index in [1.165, 1.54) is 47.7 Å². The van der Waals surface area contributed by atoms with Crippen LogP contribution in [0.3, 0.4) is 0 Å². The van der Waals surface area contributed by atoms with Gasteiger partial charge in [0.2, 0.25) is 0 Å². The Bertz CT molecular complexity index is 878. The van der Waals surface area contributed by atoms with Crippen molar-refractivity contribution in [2.75, 3.05) is 0 Å². The minimum absolute atomic E-state index is 0.397. The number of halogens is 2. The van der Waals surface area contributed by atoms with Crippen molar-refractivity contribution in [2.24, 2.45) is 0 Å². The molecule has 0 radical (unpaired) electrons. The van der Waals surface area contributed by atoms with Crippen LogP contribution in [0.2, 0.25) is 0 Å². The second kappa shape index (κ2) is 7.44. The molecule has 0 saturated carbocycles. The van der Waals surface area contributed by atoms with E-state index in [4.69, 9.17) is 5.26 Å². The predicted molar refractivity (Wildman–Crippen MR) is 97.6 cm³/mol. The van der Waals surface area contributed by atoms with E-state index in [2.05, 4.69) is 25.1 Å². The molecule has 0 saturated heterocycles. The van der Waals surface area contributed by atoms with Crippen molar-refractivity contribution in [3.63, 3.8) is 0 Å². The lowest BCUT2D eigenvalue weighted by Gasteiger charge is -2.02. The summed E-state index contributed by atoms with van der Waals surface area (Å²) in [5.41, 5.74) is 4.86. The van der Waals surface area contributed by atoms with Crippen LogP contribution in [0.5, 0.6) is 0 Å². The molecule has 0 fully saturated rings. The van der Waals surface area contributed by atoms with Crippen LogP contribution in [-0.4, -0.2) is 0 Å². The zero-order valence-electron chi connectivity index (χ0n) is 14.2. The summed E-state index contributed by atoms with van der Waals surface area (Å²) in [5, 5.41) is 8.71. The molecule has 3 rings (SSSR count). The molecule has 0 aromatic heterocycles. The maximum atomic E-state index is 13.7. The number of nitrogens with zero attached hydrogens (tertiary/aromatic N) is 1. The van der Waals surface area contributed by atoms with Crippen LogP contribution in [0.15, 0.2) is 35.9 Å². The fourth-order valence-corrected chi connectivity index (χ4v) is 3.08. The molecule has 3 heteroatoms. The number of allylic oxidation sites excluding steroid dienone is 1. The second-order valence-electron chi connectivity index (χ2n) is 6.35. The molecule has 1 nitrogen and oxygen atoms in total. The molecule has 0 amide bonds. The fourth-order valence-electron chi connectivity index (χ4n) is 3.08. The average Bonchev–Trinajstić information content (AvgIpc) is 3.00. The highest BCUT2D eigenvalue weighted by atomic mass is 19.1. The van der Waals surface area contributed by atoms with Gasteiger partial charge in [0, 0.05) is 0 Å². The highest BCUT2D eigenvalue weighted by Gasteiger charge is 2.12. The van der Waals surface area contributed by atoms with Gasteiger partial charge in [-0.2, -0.15) is 5.26 Å². The van der Waals surface area contributed by atoms with E-state index in [0.717, 1.165) is 18.4 Å². The largest absolute Gasteiger partial charge is 0.205 e. The van der Waals surface area contributed by atoms with E-state index in [1.54, 1.807) is 6.08 Å². The predicted octanol–water partition coefficient (Wildman–Crippen LogP) is 6.14. The summed E-state index contributed by atoms with van der Waals surface area (Å²) in [6.07, 6.45) is 10.3. The van der Waals surface area contributed by atoms with E-state index in [1.807, 2.05) is 12.1 Å². The molecule has 1 aliphatic rings. The number of hydrogen-bond donors (Lipinski definition) is 0. The van der Waals surface area contributed by atoms with Gasteiger partial charge in [-0.1, -0.05) is 49.3 Å². The number of nitriles is 1. The Morgan fingerprint density at radius 1 is 1.08 bits per heavy atom. The molecule has 25 heavy (non-hydrogen) atoms. The van der Waals surface area contributed by atoms with Gasteiger partial charge < -0.3 is 0 Å². The third kappa shape index (κ3) is 3.85. The molecule has 2 aromatic carbocycles. The topological polar surface area (TPSA) is 23.8 Å². The van der Waals surface area contributed by atoms with Gasteiger partial charge in [0.15, 0.2) is 0 Å². The number of benzene rings is 2. The fraction of sp³-hybridized carbons (Fsp3) is 0.227. The van der Waals surface area contributed by atoms with Crippen molar-refractivity contribution in [2.45, 2.75) is 32.6 Å². The Kier molecular flexibility index (Phi) is 5.09. The van der Waals surface area contributed by atoms with Crippen molar-refractivity contribution in [1.29, 1.82) is 5.26 Å². The standard InChI is InChI=1S/C22H19F2N/c1-2-3-4-16-10-18-8-7-15(9-19(18)11-16)5-6-17-12-21(23)20(14-25)22(24)13-17/h5-9,11-13H,2-4,10H2,1H3/b6-5+. The Hall–Kier alpha value is -2.73. The summed E-state index contributed by atoms with van der Waals surface area (Å²) < 4.78 is 27.3. The highest BCUT2D eigenvalue weighted by molar-refractivity contribution is 5.73. The first-order valence-corrected chi connectivity index (χ1v) is 8.50. The van der Waals surface area contributed by atoms with Crippen LogP contribution >= 0.6 is 0 Å². The Morgan fingerprint density at radius 2 is 1.80 bits per heavy atom. The van der Waals surface area contributed by atoms with Crippen LogP contribution in [0, 0.1) is 23.0 Å². The SMILES string of the molecule is CCCCC1=Cc2cc(/C=C/c3cc(F)c(C#N)c(F)c3)ccc2C1. The molecule has 126 valence electrons. The molecular weight excluding hydrogens is 316 g/mol. The van der Waals surface area contributed by atoms with Gasteiger partial charge >= 0.3 is 0 Å². The molecule has 0 heterocycles. The third-order valence-electron chi connectivity index (χ3n) is 4.44. The zero-order valence-corrected chi connectivity index (χ0v) is 14.2. The van der Waals surface area contributed by atoms with Crippen molar-refractivity contribution >= 4 is 18.2 Å². The molecule has 2 aromatic rings. The van der Waals surface area contributed by atoms with E-state index < -0.39 is 17.2 Å². The van der Waals surface area contributed by atoms with E-state index in [0.29, 0.717) is 5.56 Å². The van der Waals surface area contributed by atoms with Gasteiger partial charge in [-0.05, 0) is 59.7 Å². The van der Waals surface area contributed by atoms with Gasteiger partial charge in [0.25, 0.3) is 0 Å². The lowest BCUT2D eigenvalue weighted by atomic mass is 10.0. The molecule has 0 aliphatic heterocycles. The first-order chi connectivity index (χ1) is 12.1. The number of fused-ring (bicyclic) bond motifs is 1. The summed E-state index contributed by atoms with van der Waals surface area (Å²) in [4.78, 5) is 0. The van der Waals surface area contributed by atoms with E-state index in [9.17, 15) is 8.78 Å². The molecule has 0 unspecified atom stereocenters. The molecule has 0 atom stereocenters. The second-order valence-corrected chi connectivity index (χ2v) is 6.35. The molecule has 0 spiro atoms. The summed E-state index contributed by atoms with van der Waals surface area (Å²) in [5.74, 6) is -1.67. The van der Waals surface area contributed by atoms with Crippen molar-refractivity contribution < 1.29 is 8.78 Å². The molecule has 0 bridgehead atoms. The molecule has 0 N–H and O–H groups in total.